The van der Waals surface area contributed by atoms with E-state index in [-0.39, 0.29) is 6.71 Å². The molecule has 0 unspecified atom stereocenters. The van der Waals surface area contributed by atoms with Crippen LogP contribution in [0.2, 0.25) is 0 Å². The maximum Gasteiger partial charge on any atom is 0.253 e. The molecule has 0 amide bonds. The van der Waals surface area contributed by atoms with E-state index in [2.05, 4.69) is 232 Å². The highest BCUT2D eigenvalue weighted by molar-refractivity contribution is 7.01. The number of hydrogen-bond acceptors (Lipinski definition) is 0. The SMILES string of the molecule is c1ccc(-c2cc3c4c(c2)-n2c5ccccc5c5cc(-n6c7ccccc7c7ccccc76)cc(c52)B4c2c4ccccc4cc4c(-c5ccccc5)c(-c5ccccc5)n-3c24)cc1. The van der Waals surface area contributed by atoms with Gasteiger partial charge in [-0.05, 0) is 97.9 Å². The van der Waals surface area contributed by atoms with Crippen molar-refractivity contribution >= 4 is 88.4 Å². The van der Waals surface area contributed by atoms with Gasteiger partial charge in [-0.25, -0.2) is 0 Å². The number of nitrogens with zero attached hydrogens (tertiary/aromatic N) is 3. The first kappa shape index (κ1) is 34.3. The second-order valence-corrected chi connectivity index (χ2v) is 17.6. The van der Waals surface area contributed by atoms with Crippen molar-refractivity contribution in [3.8, 4) is 50.6 Å². The summed E-state index contributed by atoms with van der Waals surface area (Å²) in [5, 5.41) is 8.89. The van der Waals surface area contributed by atoms with E-state index in [0.717, 1.165) is 0 Å². The molecule has 0 atom stereocenters. The van der Waals surface area contributed by atoms with Gasteiger partial charge in [0.05, 0.1) is 27.8 Å². The molecule has 10 aromatic carbocycles. The van der Waals surface area contributed by atoms with Crippen LogP contribution in [-0.2, 0) is 0 Å². The van der Waals surface area contributed by atoms with Crippen molar-refractivity contribution in [3.05, 3.63) is 218 Å². The van der Waals surface area contributed by atoms with Crippen LogP contribution in [0.3, 0.4) is 0 Å². The molecule has 0 saturated heterocycles. The summed E-state index contributed by atoms with van der Waals surface area (Å²) in [5.74, 6) is 0. The topological polar surface area (TPSA) is 14.8 Å². The Morgan fingerprint density at radius 3 is 1.48 bits per heavy atom. The van der Waals surface area contributed by atoms with Gasteiger partial charge in [-0.15, -0.1) is 0 Å². The molecule has 0 radical (unpaired) electrons. The van der Waals surface area contributed by atoms with Crippen molar-refractivity contribution in [1.29, 1.82) is 0 Å². The smallest absolute Gasteiger partial charge is 0.253 e. The van der Waals surface area contributed by atoms with Crippen LogP contribution in [0.25, 0.3) is 116 Å². The lowest BCUT2D eigenvalue weighted by atomic mass is 9.33. The monoisotopic (exact) mass is 809 g/mol. The maximum atomic E-state index is 2.65. The first-order valence-corrected chi connectivity index (χ1v) is 22.3. The largest absolute Gasteiger partial charge is 0.310 e. The van der Waals surface area contributed by atoms with E-state index in [1.807, 2.05) is 0 Å². The molecule has 0 N–H and O–H groups in total. The molecule has 0 bridgehead atoms. The van der Waals surface area contributed by atoms with Crippen molar-refractivity contribution in [2.24, 2.45) is 0 Å². The lowest BCUT2D eigenvalue weighted by molar-refractivity contribution is 1.12. The van der Waals surface area contributed by atoms with Gasteiger partial charge in [0, 0.05) is 55.1 Å². The van der Waals surface area contributed by atoms with Crippen LogP contribution in [0.5, 0.6) is 0 Å². The second kappa shape index (κ2) is 12.6. The number of fused-ring (bicyclic) bond motifs is 12. The fraction of sp³-hybridized carbons (Fsp3) is 0. The summed E-state index contributed by atoms with van der Waals surface area (Å²) < 4.78 is 7.77. The van der Waals surface area contributed by atoms with Gasteiger partial charge in [-0.1, -0.05) is 170 Å². The molecule has 4 heteroatoms. The fourth-order valence-corrected chi connectivity index (χ4v) is 11.9. The standard InChI is InChI=1S/C60H36BN3/c1-4-18-37(19-5-1)41-33-53-57-54(34-41)64-58(39-22-8-3-9-23-39)55(38-20-6-2-7-21-38)48-32-40-24-10-11-25-43(40)56(60(48)64)61(57)49-36-42(35-47-46-28-14-17-31-52(46)63(53)59(47)49)62-50-29-15-12-26-44(50)45-27-13-16-30-51(45)62/h1-36H. The van der Waals surface area contributed by atoms with Crippen molar-refractivity contribution in [2.45, 2.75) is 0 Å². The van der Waals surface area contributed by atoms with Crippen LogP contribution < -0.4 is 16.4 Å². The van der Waals surface area contributed by atoms with Gasteiger partial charge in [-0.2, -0.15) is 0 Å². The Morgan fingerprint density at radius 1 is 0.312 bits per heavy atom. The zero-order valence-corrected chi connectivity index (χ0v) is 34.7. The van der Waals surface area contributed by atoms with Crippen molar-refractivity contribution < 1.29 is 0 Å². The summed E-state index contributed by atoms with van der Waals surface area (Å²) >= 11 is 0. The first-order valence-electron chi connectivity index (χ1n) is 22.3. The highest BCUT2D eigenvalue weighted by atomic mass is 15.0. The lowest BCUT2D eigenvalue weighted by Crippen LogP contribution is -2.59. The Labute approximate surface area is 369 Å². The molecule has 5 heterocycles. The number of benzene rings is 10. The molecule has 0 fully saturated rings. The Morgan fingerprint density at radius 2 is 0.828 bits per heavy atom. The number of para-hydroxylation sites is 3. The highest BCUT2D eigenvalue weighted by Gasteiger charge is 2.43. The first-order chi connectivity index (χ1) is 31.8. The van der Waals surface area contributed by atoms with Crippen molar-refractivity contribution in [1.82, 2.24) is 13.7 Å². The minimum atomic E-state index is -0.0644. The molecule has 13 aromatic rings. The predicted molar refractivity (Wildman–Crippen MR) is 270 cm³/mol. The van der Waals surface area contributed by atoms with Crippen molar-refractivity contribution in [2.75, 3.05) is 0 Å². The highest BCUT2D eigenvalue weighted by Crippen LogP contribution is 2.47. The molecule has 3 nitrogen and oxygen atoms in total. The van der Waals surface area contributed by atoms with Gasteiger partial charge in [-0.3, -0.25) is 0 Å². The number of rotatable bonds is 4. The van der Waals surface area contributed by atoms with E-state index < -0.39 is 0 Å². The van der Waals surface area contributed by atoms with Gasteiger partial charge >= 0.3 is 0 Å². The van der Waals surface area contributed by atoms with Gasteiger partial charge in [0.2, 0.25) is 0 Å². The van der Waals surface area contributed by atoms with E-state index >= 15 is 0 Å². The van der Waals surface area contributed by atoms with Crippen LogP contribution in [-0.4, -0.2) is 20.4 Å². The molecule has 0 spiro atoms. The Balaban J connectivity index is 1.19. The molecule has 2 aliphatic heterocycles. The summed E-state index contributed by atoms with van der Waals surface area (Å²) in [5.41, 5.74) is 21.2. The minimum absolute atomic E-state index is 0.0644. The van der Waals surface area contributed by atoms with Crippen LogP contribution in [0.4, 0.5) is 0 Å². The second-order valence-electron chi connectivity index (χ2n) is 17.6. The molecular formula is C60H36BN3. The summed E-state index contributed by atoms with van der Waals surface area (Å²) in [7, 11) is 0. The minimum Gasteiger partial charge on any atom is -0.310 e. The van der Waals surface area contributed by atoms with Crippen LogP contribution in [0, 0.1) is 0 Å². The third kappa shape index (κ3) is 4.41. The lowest BCUT2D eigenvalue weighted by Gasteiger charge is -2.35. The van der Waals surface area contributed by atoms with Crippen LogP contribution >= 0.6 is 0 Å². The fourth-order valence-electron chi connectivity index (χ4n) is 11.9. The van der Waals surface area contributed by atoms with E-state index in [0.29, 0.717) is 0 Å². The van der Waals surface area contributed by atoms with E-state index in [4.69, 9.17) is 0 Å². The molecule has 294 valence electrons. The molecular weight excluding hydrogens is 773 g/mol. The molecule has 15 rings (SSSR count). The third-order valence-corrected chi connectivity index (χ3v) is 14.4. The Bertz CT molecular complexity index is 4060. The maximum absolute atomic E-state index is 2.65. The van der Waals surface area contributed by atoms with Gasteiger partial charge in [0.1, 0.15) is 0 Å². The van der Waals surface area contributed by atoms with Crippen molar-refractivity contribution in [3.63, 3.8) is 0 Å². The molecule has 3 aromatic heterocycles. The molecule has 64 heavy (non-hydrogen) atoms. The molecule has 2 aliphatic rings. The molecule has 0 aliphatic carbocycles. The zero-order chi connectivity index (χ0) is 41.6. The van der Waals surface area contributed by atoms with E-state index in [1.54, 1.807) is 0 Å². The quantitative estimate of drug-likeness (QED) is 0.157. The van der Waals surface area contributed by atoms with E-state index in [1.165, 1.54) is 132 Å². The van der Waals surface area contributed by atoms with Crippen LogP contribution in [0.1, 0.15) is 0 Å². The Kier molecular flexibility index (Phi) is 6.76. The summed E-state index contributed by atoms with van der Waals surface area (Å²) in [4.78, 5) is 0. The van der Waals surface area contributed by atoms with Crippen LogP contribution in [0.15, 0.2) is 218 Å². The summed E-state index contributed by atoms with van der Waals surface area (Å²) in [6.07, 6.45) is 0. The summed E-state index contributed by atoms with van der Waals surface area (Å²) in [6, 6.07) is 81.5. The van der Waals surface area contributed by atoms with Gasteiger partial charge in [0.25, 0.3) is 6.71 Å². The van der Waals surface area contributed by atoms with Gasteiger partial charge < -0.3 is 13.7 Å². The Hall–Kier alpha value is -8.34. The molecule has 0 saturated carbocycles. The summed E-state index contributed by atoms with van der Waals surface area (Å²) in [6.45, 7) is -0.0644. The average molecular weight is 810 g/mol. The number of hydrogen-bond donors (Lipinski definition) is 0. The predicted octanol–water partition coefficient (Wildman–Crippen LogP) is 13.1. The average Bonchev–Trinajstić information content (AvgIpc) is 4.01. The van der Waals surface area contributed by atoms with Gasteiger partial charge in [0.15, 0.2) is 0 Å². The van der Waals surface area contributed by atoms with E-state index in [9.17, 15) is 0 Å². The zero-order valence-electron chi connectivity index (χ0n) is 34.7. The third-order valence-electron chi connectivity index (χ3n) is 14.4. The normalized spacial score (nSPS) is 12.7. The number of aromatic nitrogens is 3.